The molecule has 0 unspecified atom stereocenters. The summed E-state index contributed by atoms with van der Waals surface area (Å²) in [7, 11) is -1.70. The predicted octanol–water partition coefficient (Wildman–Crippen LogP) is 1.05. The molecule has 116 valence electrons. The van der Waals surface area contributed by atoms with Gasteiger partial charge in [-0.1, -0.05) is 30.3 Å². The van der Waals surface area contributed by atoms with E-state index in [2.05, 4.69) is 5.32 Å². The molecular formula is C15H23N3O2S. The molecule has 5 nitrogen and oxygen atoms in total. The van der Waals surface area contributed by atoms with Gasteiger partial charge in [0.15, 0.2) is 0 Å². The SMILES string of the molecule is CN(Cc1ccccc1)S(=O)(=O)N1C[C@@H]2CCCN[C@@H]2C1. The highest BCUT2D eigenvalue weighted by Gasteiger charge is 2.40. The Morgan fingerprint density at radius 2 is 2.05 bits per heavy atom. The number of nitrogens with one attached hydrogen (secondary N) is 1. The fraction of sp³-hybridized carbons (Fsp3) is 0.600. The van der Waals surface area contributed by atoms with E-state index in [9.17, 15) is 8.42 Å². The van der Waals surface area contributed by atoms with Gasteiger partial charge in [-0.05, 0) is 30.9 Å². The maximum Gasteiger partial charge on any atom is 0.282 e. The molecule has 0 aliphatic carbocycles. The molecule has 2 aliphatic rings. The summed E-state index contributed by atoms with van der Waals surface area (Å²) in [5.41, 5.74) is 1.01. The molecule has 2 saturated heterocycles. The topological polar surface area (TPSA) is 52.7 Å². The van der Waals surface area contributed by atoms with Crippen molar-refractivity contribution in [3.8, 4) is 0 Å². The lowest BCUT2D eigenvalue weighted by Gasteiger charge is -2.24. The number of fused-ring (bicyclic) bond motifs is 1. The van der Waals surface area contributed by atoms with Crippen molar-refractivity contribution in [1.29, 1.82) is 0 Å². The van der Waals surface area contributed by atoms with Gasteiger partial charge in [0.25, 0.3) is 10.2 Å². The summed E-state index contributed by atoms with van der Waals surface area (Å²) in [5.74, 6) is 0.471. The van der Waals surface area contributed by atoms with Gasteiger partial charge in [-0.15, -0.1) is 0 Å². The summed E-state index contributed by atoms with van der Waals surface area (Å²) in [6, 6.07) is 10.1. The Morgan fingerprint density at radius 1 is 1.29 bits per heavy atom. The number of nitrogens with zero attached hydrogens (tertiary/aromatic N) is 2. The molecule has 21 heavy (non-hydrogen) atoms. The third-order valence-electron chi connectivity index (χ3n) is 4.53. The second kappa shape index (κ2) is 6.04. The van der Waals surface area contributed by atoms with Crippen LogP contribution < -0.4 is 5.32 Å². The Labute approximate surface area is 127 Å². The van der Waals surface area contributed by atoms with Gasteiger partial charge in [-0.3, -0.25) is 0 Å². The summed E-state index contributed by atoms with van der Waals surface area (Å²) >= 11 is 0. The van der Waals surface area contributed by atoms with E-state index in [0.29, 0.717) is 31.6 Å². The third kappa shape index (κ3) is 3.13. The van der Waals surface area contributed by atoms with Gasteiger partial charge in [0.1, 0.15) is 0 Å². The van der Waals surface area contributed by atoms with Crippen LogP contribution in [0, 0.1) is 5.92 Å². The lowest BCUT2D eigenvalue weighted by Crippen LogP contribution is -2.43. The summed E-state index contributed by atoms with van der Waals surface area (Å²) in [4.78, 5) is 0. The van der Waals surface area contributed by atoms with E-state index in [-0.39, 0.29) is 0 Å². The largest absolute Gasteiger partial charge is 0.312 e. The first-order valence-corrected chi connectivity index (χ1v) is 8.96. The molecule has 1 aromatic carbocycles. The van der Waals surface area contributed by atoms with Crippen molar-refractivity contribution in [2.24, 2.45) is 5.92 Å². The van der Waals surface area contributed by atoms with Crippen LogP contribution in [-0.2, 0) is 16.8 Å². The molecule has 2 fully saturated rings. The maximum atomic E-state index is 12.7. The van der Waals surface area contributed by atoms with Crippen molar-refractivity contribution in [2.75, 3.05) is 26.7 Å². The second-order valence-corrected chi connectivity index (χ2v) is 8.06. The summed E-state index contributed by atoms with van der Waals surface area (Å²) in [5, 5.41) is 3.45. The van der Waals surface area contributed by atoms with Crippen LogP contribution in [-0.4, -0.2) is 49.8 Å². The smallest absolute Gasteiger partial charge is 0.282 e. The number of benzene rings is 1. The van der Waals surface area contributed by atoms with Crippen molar-refractivity contribution < 1.29 is 8.42 Å². The van der Waals surface area contributed by atoms with E-state index < -0.39 is 10.2 Å². The van der Waals surface area contributed by atoms with Gasteiger partial charge in [-0.25, -0.2) is 0 Å². The van der Waals surface area contributed by atoms with Gasteiger partial charge in [0.2, 0.25) is 0 Å². The highest BCUT2D eigenvalue weighted by molar-refractivity contribution is 7.86. The highest BCUT2D eigenvalue weighted by Crippen LogP contribution is 2.27. The molecule has 0 aromatic heterocycles. The first-order valence-electron chi connectivity index (χ1n) is 7.56. The van der Waals surface area contributed by atoms with Crippen molar-refractivity contribution in [1.82, 2.24) is 13.9 Å². The average Bonchev–Trinajstić information content (AvgIpc) is 2.93. The minimum atomic E-state index is -3.37. The van der Waals surface area contributed by atoms with Crippen LogP contribution in [0.15, 0.2) is 30.3 Å². The van der Waals surface area contributed by atoms with Crippen molar-refractivity contribution in [3.05, 3.63) is 35.9 Å². The first kappa shape index (κ1) is 15.0. The van der Waals surface area contributed by atoms with E-state index in [1.807, 2.05) is 30.3 Å². The summed E-state index contributed by atoms with van der Waals surface area (Å²) in [6.45, 7) is 2.68. The predicted molar refractivity (Wildman–Crippen MR) is 82.9 cm³/mol. The van der Waals surface area contributed by atoms with Crippen molar-refractivity contribution >= 4 is 10.2 Å². The number of rotatable bonds is 4. The van der Waals surface area contributed by atoms with E-state index in [1.54, 1.807) is 11.4 Å². The molecule has 2 aliphatic heterocycles. The number of hydrogen-bond donors (Lipinski definition) is 1. The Hall–Kier alpha value is -0.950. The van der Waals surface area contributed by atoms with Gasteiger partial charge in [0.05, 0.1) is 0 Å². The van der Waals surface area contributed by atoms with Crippen LogP contribution in [0.3, 0.4) is 0 Å². The van der Waals surface area contributed by atoms with Crippen LogP contribution in [0.25, 0.3) is 0 Å². The maximum absolute atomic E-state index is 12.7. The molecule has 6 heteroatoms. The fourth-order valence-electron chi connectivity index (χ4n) is 3.31. The molecular weight excluding hydrogens is 286 g/mol. The molecule has 3 rings (SSSR count). The molecule has 1 aromatic rings. The lowest BCUT2D eigenvalue weighted by molar-refractivity contribution is 0.338. The molecule has 0 bridgehead atoms. The minimum Gasteiger partial charge on any atom is -0.312 e. The molecule has 1 N–H and O–H groups in total. The minimum absolute atomic E-state index is 0.332. The molecule has 0 amide bonds. The molecule has 2 atom stereocenters. The molecule has 0 radical (unpaired) electrons. The van der Waals surface area contributed by atoms with E-state index in [0.717, 1.165) is 24.9 Å². The normalized spacial score (nSPS) is 27.0. The van der Waals surface area contributed by atoms with Crippen LogP contribution >= 0.6 is 0 Å². The lowest BCUT2D eigenvalue weighted by atomic mass is 9.94. The quantitative estimate of drug-likeness (QED) is 0.904. The number of piperidine rings is 1. The zero-order valence-corrected chi connectivity index (χ0v) is 13.2. The van der Waals surface area contributed by atoms with E-state index in [1.165, 1.54) is 4.31 Å². The van der Waals surface area contributed by atoms with Gasteiger partial charge in [-0.2, -0.15) is 17.0 Å². The Morgan fingerprint density at radius 3 is 2.76 bits per heavy atom. The van der Waals surface area contributed by atoms with E-state index >= 15 is 0 Å². The standard InChI is InChI=1S/C15H23N3O2S/c1-17(10-13-6-3-2-4-7-13)21(19,20)18-11-14-8-5-9-16-15(14)12-18/h2-4,6-7,14-16H,5,8-12H2,1H3/t14-,15+/m0/s1. The Balaban J connectivity index is 1.69. The van der Waals surface area contributed by atoms with Gasteiger partial charge in [0, 0.05) is 32.7 Å². The van der Waals surface area contributed by atoms with Crippen LogP contribution in [0.5, 0.6) is 0 Å². The zero-order chi connectivity index (χ0) is 14.9. The van der Waals surface area contributed by atoms with Gasteiger partial charge >= 0.3 is 0 Å². The van der Waals surface area contributed by atoms with Crippen LogP contribution in [0.1, 0.15) is 18.4 Å². The number of hydrogen-bond acceptors (Lipinski definition) is 3. The first-order chi connectivity index (χ1) is 10.1. The van der Waals surface area contributed by atoms with E-state index in [4.69, 9.17) is 0 Å². The monoisotopic (exact) mass is 309 g/mol. The van der Waals surface area contributed by atoms with Crippen molar-refractivity contribution in [3.63, 3.8) is 0 Å². The molecule has 2 heterocycles. The Bertz CT molecular complexity index is 562. The second-order valence-electron chi connectivity index (χ2n) is 6.03. The molecule has 0 spiro atoms. The fourth-order valence-corrected chi connectivity index (χ4v) is 4.75. The van der Waals surface area contributed by atoms with Gasteiger partial charge < -0.3 is 5.32 Å². The third-order valence-corrected chi connectivity index (χ3v) is 6.40. The highest BCUT2D eigenvalue weighted by atomic mass is 32.2. The zero-order valence-electron chi connectivity index (χ0n) is 12.4. The summed E-state index contributed by atoms with van der Waals surface area (Å²) < 4.78 is 28.5. The molecule has 0 saturated carbocycles. The van der Waals surface area contributed by atoms with Crippen LogP contribution in [0.2, 0.25) is 0 Å². The Kier molecular flexibility index (Phi) is 4.31. The van der Waals surface area contributed by atoms with Crippen molar-refractivity contribution in [2.45, 2.75) is 25.4 Å². The average molecular weight is 309 g/mol. The van der Waals surface area contributed by atoms with Crippen LogP contribution in [0.4, 0.5) is 0 Å². The summed E-state index contributed by atoms with van der Waals surface area (Å²) in [6.07, 6.45) is 2.28.